The summed E-state index contributed by atoms with van der Waals surface area (Å²) in [6.45, 7) is 0. The molecule has 1 saturated heterocycles. The second kappa shape index (κ2) is 5.25. The summed E-state index contributed by atoms with van der Waals surface area (Å²) in [7, 11) is 0. The van der Waals surface area contributed by atoms with Crippen molar-refractivity contribution in [2.24, 2.45) is 0 Å². The van der Waals surface area contributed by atoms with E-state index in [0.717, 1.165) is 11.1 Å². The van der Waals surface area contributed by atoms with Crippen LogP contribution in [0.5, 0.6) is 0 Å². The van der Waals surface area contributed by atoms with Gasteiger partial charge in [0, 0.05) is 24.7 Å². The zero-order chi connectivity index (χ0) is 13.9. The van der Waals surface area contributed by atoms with E-state index in [2.05, 4.69) is 10.3 Å². The Kier molecular flexibility index (Phi) is 3.29. The smallest absolute Gasteiger partial charge is 0.234 e. The van der Waals surface area contributed by atoms with Crippen LogP contribution < -0.4 is 5.32 Å². The molecule has 2 atom stereocenters. The van der Waals surface area contributed by atoms with Crippen LogP contribution in [-0.2, 0) is 9.59 Å². The lowest BCUT2D eigenvalue weighted by Crippen LogP contribution is -2.43. The van der Waals surface area contributed by atoms with Gasteiger partial charge in [0.2, 0.25) is 11.8 Å². The van der Waals surface area contributed by atoms with Gasteiger partial charge >= 0.3 is 0 Å². The lowest BCUT2D eigenvalue weighted by Gasteiger charge is -2.30. The maximum Gasteiger partial charge on any atom is 0.234 e. The van der Waals surface area contributed by atoms with Gasteiger partial charge in [0.25, 0.3) is 0 Å². The lowest BCUT2D eigenvalue weighted by molar-refractivity contribution is -0.135. The first-order valence-electron chi connectivity index (χ1n) is 6.54. The summed E-state index contributed by atoms with van der Waals surface area (Å²) in [5.41, 5.74) is 1.84. The molecular weight excluding hydrogens is 252 g/mol. The second-order valence-electron chi connectivity index (χ2n) is 4.90. The van der Waals surface area contributed by atoms with Crippen molar-refractivity contribution < 1.29 is 9.59 Å². The molecule has 2 amide bonds. The normalized spacial score (nSPS) is 22.4. The molecule has 1 aliphatic heterocycles. The second-order valence-corrected chi connectivity index (χ2v) is 4.90. The third-order valence-corrected chi connectivity index (χ3v) is 3.62. The SMILES string of the molecule is O=C1CC(c2cccnc2)C(c2ccccc2)C(=O)N1. The van der Waals surface area contributed by atoms with Crippen molar-refractivity contribution in [3.05, 3.63) is 66.0 Å². The van der Waals surface area contributed by atoms with Crippen molar-refractivity contribution in [1.29, 1.82) is 0 Å². The van der Waals surface area contributed by atoms with Gasteiger partial charge in [0.15, 0.2) is 0 Å². The fourth-order valence-electron chi connectivity index (χ4n) is 2.72. The number of nitrogens with one attached hydrogen (secondary N) is 1. The van der Waals surface area contributed by atoms with Crippen LogP contribution in [-0.4, -0.2) is 16.8 Å². The average molecular weight is 266 g/mol. The number of hydrogen-bond acceptors (Lipinski definition) is 3. The summed E-state index contributed by atoms with van der Waals surface area (Å²) in [5, 5.41) is 2.43. The monoisotopic (exact) mass is 266 g/mol. The zero-order valence-electron chi connectivity index (χ0n) is 10.8. The standard InChI is InChI=1S/C16H14N2O2/c19-14-9-13(12-7-4-8-17-10-12)15(16(20)18-14)11-5-2-1-3-6-11/h1-8,10,13,15H,9H2,(H,18,19,20). The van der Waals surface area contributed by atoms with Gasteiger partial charge in [-0.05, 0) is 17.2 Å². The van der Waals surface area contributed by atoms with E-state index in [1.54, 1.807) is 12.4 Å². The molecule has 0 aliphatic carbocycles. The highest BCUT2D eigenvalue weighted by atomic mass is 16.2. The van der Waals surface area contributed by atoms with E-state index in [4.69, 9.17) is 0 Å². The first-order chi connectivity index (χ1) is 9.75. The Labute approximate surface area is 116 Å². The minimum absolute atomic E-state index is 0.160. The van der Waals surface area contributed by atoms with Crippen molar-refractivity contribution in [2.75, 3.05) is 0 Å². The highest BCUT2D eigenvalue weighted by Gasteiger charge is 2.37. The maximum absolute atomic E-state index is 12.2. The van der Waals surface area contributed by atoms with Crippen molar-refractivity contribution in [3.63, 3.8) is 0 Å². The van der Waals surface area contributed by atoms with Crippen LogP contribution in [0.1, 0.15) is 29.4 Å². The van der Waals surface area contributed by atoms with Gasteiger partial charge in [-0.25, -0.2) is 0 Å². The quantitative estimate of drug-likeness (QED) is 0.846. The molecule has 1 aliphatic rings. The molecule has 1 aromatic heterocycles. The highest BCUT2D eigenvalue weighted by molar-refractivity contribution is 6.02. The number of carbonyl (C=O) groups is 2. The van der Waals surface area contributed by atoms with E-state index < -0.39 is 0 Å². The van der Waals surface area contributed by atoms with Gasteiger partial charge in [-0.15, -0.1) is 0 Å². The molecule has 2 heterocycles. The highest BCUT2D eigenvalue weighted by Crippen LogP contribution is 2.37. The topological polar surface area (TPSA) is 59.1 Å². The fraction of sp³-hybridized carbons (Fsp3) is 0.188. The van der Waals surface area contributed by atoms with Crippen LogP contribution in [0.2, 0.25) is 0 Å². The molecule has 1 N–H and O–H groups in total. The number of hydrogen-bond donors (Lipinski definition) is 1. The van der Waals surface area contributed by atoms with Crippen LogP contribution in [0, 0.1) is 0 Å². The van der Waals surface area contributed by atoms with Crippen LogP contribution >= 0.6 is 0 Å². The van der Waals surface area contributed by atoms with E-state index in [9.17, 15) is 9.59 Å². The molecule has 0 spiro atoms. The number of amides is 2. The number of carbonyl (C=O) groups excluding carboxylic acids is 2. The summed E-state index contributed by atoms with van der Waals surface area (Å²) in [5.74, 6) is -0.970. The Balaban J connectivity index is 2.03. The van der Waals surface area contributed by atoms with E-state index >= 15 is 0 Å². The number of imide groups is 1. The number of nitrogens with zero attached hydrogens (tertiary/aromatic N) is 1. The molecule has 1 aromatic carbocycles. The Morgan fingerprint density at radius 1 is 1.00 bits per heavy atom. The van der Waals surface area contributed by atoms with Crippen LogP contribution in [0.3, 0.4) is 0 Å². The van der Waals surface area contributed by atoms with Gasteiger partial charge in [0.1, 0.15) is 0 Å². The molecule has 100 valence electrons. The van der Waals surface area contributed by atoms with Gasteiger partial charge in [-0.3, -0.25) is 19.9 Å². The van der Waals surface area contributed by atoms with E-state index in [1.807, 2.05) is 42.5 Å². The van der Waals surface area contributed by atoms with Crippen molar-refractivity contribution in [1.82, 2.24) is 10.3 Å². The van der Waals surface area contributed by atoms with Crippen LogP contribution in [0.25, 0.3) is 0 Å². The minimum Gasteiger partial charge on any atom is -0.296 e. The third kappa shape index (κ3) is 2.32. The first-order valence-corrected chi connectivity index (χ1v) is 6.54. The van der Waals surface area contributed by atoms with Crippen molar-refractivity contribution in [2.45, 2.75) is 18.3 Å². The number of aromatic nitrogens is 1. The Bertz CT molecular complexity index is 625. The Hall–Kier alpha value is -2.49. The molecular formula is C16H14N2O2. The van der Waals surface area contributed by atoms with Gasteiger partial charge in [-0.1, -0.05) is 36.4 Å². The summed E-state index contributed by atoms with van der Waals surface area (Å²) in [6, 6.07) is 13.3. The van der Waals surface area contributed by atoms with Crippen LogP contribution in [0.4, 0.5) is 0 Å². The summed E-state index contributed by atoms with van der Waals surface area (Å²) < 4.78 is 0. The molecule has 2 unspecified atom stereocenters. The van der Waals surface area contributed by atoms with Crippen LogP contribution in [0.15, 0.2) is 54.9 Å². The molecule has 0 saturated carbocycles. The number of pyridine rings is 1. The zero-order valence-corrected chi connectivity index (χ0v) is 10.8. The average Bonchev–Trinajstić information content (AvgIpc) is 2.48. The van der Waals surface area contributed by atoms with Crippen molar-refractivity contribution in [3.8, 4) is 0 Å². The van der Waals surface area contributed by atoms with Gasteiger partial charge in [-0.2, -0.15) is 0 Å². The Morgan fingerprint density at radius 2 is 1.75 bits per heavy atom. The largest absolute Gasteiger partial charge is 0.296 e. The maximum atomic E-state index is 12.2. The number of benzene rings is 1. The molecule has 3 rings (SSSR count). The summed E-state index contributed by atoms with van der Waals surface area (Å²) in [6.07, 6.45) is 3.72. The molecule has 0 radical (unpaired) electrons. The minimum atomic E-state index is -0.349. The van der Waals surface area contributed by atoms with E-state index in [0.29, 0.717) is 6.42 Å². The first kappa shape index (κ1) is 12.5. The molecule has 2 aromatic rings. The number of piperidine rings is 1. The summed E-state index contributed by atoms with van der Waals surface area (Å²) >= 11 is 0. The summed E-state index contributed by atoms with van der Waals surface area (Å²) in [4.78, 5) is 28.0. The predicted molar refractivity (Wildman–Crippen MR) is 73.9 cm³/mol. The molecule has 4 nitrogen and oxygen atoms in total. The lowest BCUT2D eigenvalue weighted by atomic mass is 9.77. The predicted octanol–water partition coefficient (Wildman–Crippen LogP) is 2.00. The van der Waals surface area contributed by atoms with E-state index in [-0.39, 0.29) is 23.7 Å². The Morgan fingerprint density at radius 3 is 2.45 bits per heavy atom. The molecule has 0 bridgehead atoms. The third-order valence-electron chi connectivity index (χ3n) is 3.62. The van der Waals surface area contributed by atoms with E-state index in [1.165, 1.54) is 0 Å². The molecule has 20 heavy (non-hydrogen) atoms. The van der Waals surface area contributed by atoms with Crippen molar-refractivity contribution >= 4 is 11.8 Å². The molecule has 1 fully saturated rings. The van der Waals surface area contributed by atoms with Gasteiger partial charge in [0.05, 0.1) is 5.92 Å². The number of rotatable bonds is 2. The molecule has 4 heteroatoms. The van der Waals surface area contributed by atoms with Gasteiger partial charge < -0.3 is 0 Å². The fourth-order valence-corrected chi connectivity index (χ4v) is 2.72.